The van der Waals surface area contributed by atoms with Gasteiger partial charge in [0, 0.05) is 27.8 Å². The van der Waals surface area contributed by atoms with E-state index in [1.54, 1.807) is 21.6 Å². The number of fused-ring (bicyclic) bond motifs is 2. The van der Waals surface area contributed by atoms with E-state index in [-0.39, 0.29) is 11.8 Å². The van der Waals surface area contributed by atoms with Gasteiger partial charge in [-0.2, -0.15) is 0 Å². The van der Waals surface area contributed by atoms with Crippen molar-refractivity contribution in [2.75, 3.05) is 11.4 Å². The molecule has 0 atom stereocenters. The Labute approximate surface area is 236 Å². The van der Waals surface area contributed by atoms with Crippen molar-refractivity contribution < 1.29 is 9.59 Å². The van der Waals surface area contributed by atoms with Crippen LogP contribution in [0.4, 0.5) is 11.4 Å². The van der Waals surface area contributed by atoms with Gasteiger partial charge in [0.05, 0.1) is 16.3 Å². The molecule has 4 nitrogen and oxygen atoms in total. The Balaban J connectivity index is 1.17. The van der Waals surface area contributed by atoms with Crippen LogP contribution >= 0.6 is 47.3 Å². The predicted octanol–water partition coefficient (Wildman–Crippen LogP) is 8.24. The maximum Gasteiger partial charge on any atom is 0.266 e. The van der Waals surface area contributed by atoms with Gasteiger partial charge in [0.15, 0.2) is 0 Å². The van der Waals surface area contributed by atoms with Gasteiger partial charge < -0.3 is 0 Å². The SMILES string of the molecule is Cc1ccc(/C=C2\SC(=S)N(CCCCCC(=O)N3c4ccccc4Sc4ccc(Cl)cc43)C2=O)cc1. The van der Waals surface area contributed by atoms with Crippen LogP contribution in [0.3, 0.4) is 0 Å². The standard InChI is InChI=1S/C29H25ClN2O2S3/c1-19-10-12-20(13-11-19)17-26-28(34)31(29(35)37-26)16-6-2-3-9-27(33)32-22-7-4-5-8-24(22)36-25-15-14-21(30)18-23(25)32/h4-5,7-8,10-15,17-18H,2-3,6,9,16H2,1H3/b26-17-. The average Bonchev–Trinajstić information content (AvgIpc) is 3.15. The highest BCUT2D eigenvalue weighted by atomic mass is 35.5. The first-order valence-corrected chi connectivity index (χ1v) is 14.5. The first-order chi connectivity index (χ1) is 17.9. The Morgan fingerprint density at radius 1 is 0.946 bits per heavy atom. The van der Waals surface area contributed by atoms with Crippen LogP contribution in [-0.2, 0) is 9.59 Å². The Bertz CT molecular complexity index is 1400. The quantitative estimate of drug-likeness (QED) is 0.164. The summed E-state index contributed by atoms with van der Waals surface area (Å²) in [7, 11) is 0. The highest BCUT2D eigenvalue weighted by Crippen LogP contribution is 2.49. The third-order valence-corrected chi connectivity index (χ3v) is 9.00. The Hall–Kier alpha value is -2.58. The van der Waals surface area contributed by atoms with Crippen LogP contribution in [0.25, 0.3) is 6.08 Å². The fourth-order valence-electron chi connectivity index (χ4n) is 4.34. The van der Waals surface area contributed by atoms with E-state index in [4.69, 9.17) is 23.8 Å². The van der Waals surface area contributed by atoms with Gasteiger partial charge in [-0.1, -0.05) is 95.7 Å². The first-order valence-electron chi connectivity index (χ1n) is 12.1. The molecule has 0 spiro atoms. The average molecular weight is 565 g/mol. The highest BCUT2D eigenvalue weighted by Gasteiger charge is 2.32. The van der Waals surface area contributed by atoms with E-state index in [0.29, 0.717) is 27.2 Å². The van der Waals surface area contributed by atoms with Gasteiger partial charge in [-0.05, 0) is 61.7 Å². The highest BCUT2D eigenvalue weighted by molar-refractivity contribution is 8.26. The van der Waals surface area contributed by atoms with Gasteiger partial charge in [0.25, 0.3) is 5.91 Å². The molecule has 0 bridgehead atoms. The summed E-state index contributed by atoms with van der Waals surface area (Å²) in [6.07, 6.45) is 4.65. The molecule has 188 valence electrons. The van der Waals surface area contributed by atoms with Crippen LogP contribution < -0.4 is 4.90 Å². The Morgan fingerprint density at radius 2 is 1.70 bits per heavy atom. The number of amides is 2. The summed E-state index contributed by atoms with van der Waals surface area (Å²) in [5.74, 6) is 0.00507. The van der Waals surface area contributed by atoms with Gasteiger partial charge >= 0.3 is 0 Å². The first kappa shape index (κ1) is 26.0. The lowest BCUT2D eigenvalue weighted by atomic mass is 10.1. The molecular formula is C29H25ClN2O2S3. The molecule has 1 fully saturated rings. The molecule has 0 unspecified atom stereocenters. The molecule has 0 N–H and O–H groups in total. The number of aryl methyl sites for hydroxylation is 1. The second-order valence-corrected chi connectivity index (χ2v) is 12.2. The summed E-state index contributed by atoms with van der Waals surface area (Å²) in [5, 5.41) is 0.608. The molecule has 5 rings (SSSR count). The van der Waals surface area contributed by atoms with E-state index in [1.807, 2.05) is 79.7 Å². The zero-order valence-electron chi connectivity index (χ0n) is 20.3. The summed E-state index contributed by atoms with van der Waals surface area (Å²) < 4.78 is 0.593. The van der Waals surface area contributed by atoms with Crippen molar-refractivity contribution in [3.05, 3.63) is 87.8 Å². The molecule has 2 aliphatic rings. The van der Waals surface area contributed by atoms with Crippen molar-refractivity contribution in [3.63, 3.8) is 0 Å². The summed E-state index contributed by atoms with van der Waals surface area (Å²) >= 11 is 14.7. The second-order valence-electron chi connectivity index (χ2n) is 8.97. The van der Waals surface area contributed by atoms with E-state index in [1.165, 1.54) is 17.3 Å². The van der Waals surface area contributed by atoms with Crippen LogP contribution in [0, 0.1) is 6.92 Å². The lowest BCUT2D eigenvalue weighted by molar-refractivity contribution is -0.122. The second kappa shape index (κ2) is 11.4. The smallest absolute Gasteiger partial charge is 0.266 e. The fraction of sp³-hybridized carbons (Fsp3) is 0.207. The van der Waals surface area contributed by atoms with Crippen molar-refractivity contribution >= 4 is 80.9 Å². The molecule has 0 aromatic heterocycles. The number of hydrogen-bond acceptors (Lipinski definition) is 5. The Kier molecular flexibility index (Phi) is 8.05. The fourth-order valence-corrected chi connectivity index (χ4v) is 6.85. The summed E-state index contributed by atoms with van der Waals surface area (Å²) in [5.41, 5.74) is 3.90. The third-order valence-electron chi connectivity index (χ3n) is 6.26. The summed E-state index contributed by atoms with van der Waals surface area (Å²) in [6, 6.07) is 21.7. The van der Waals surface area contributed by atoms with Crippen molar-refractivity contribution in [1.29, 1.82) is 0 Å². The number of anilines is 2. The van der Waals surface area contributed by atoms with Gasteiger partial charge in [0.1, 0.15) is 4.32 Å². The maximum absolute atomic E-state index is 13.4. The van der Waals surface area contributed by atoms with Gasteiger partial charge in [0.2, 0.25) is 5.91 Å². The minimum Gasteiger partial charge on any atom is -0.293 e. The number of nitrogens with zero attached hydrogens (tertiary/aromatic N) is 2. The van der Waals surface area contributed by atoms with E-state index in [9.17, 15) is 9.59 Å². The number of para-hydroxylation sites is 1. The minimum absolute atomic E-state index is 0.0393. The number of rotatable bonds is 7. The molecule has 2 aliphatic heterocycles. The van der Waals surface area contributed by atoms with E-state index in [2.05, 4.69) is 0 Å². The number of thioether (sulfide) groups is 1. The number of carbonyl (C=O) groups is 2. The summed E-state index contributed by atoms with van der Waals surface area (Å²) in [6.45, 7) is 2.60. The predicted molar refractivity (Wildman–Crippen MR) is 159 cm³/mol. The molecule has 2 heterocycles. The molecule has 1 saturated heterocycles. The van der Waals surface area contributed by atoms with Crippen molar-refractivity contribution in [3.8, 4) is 0 Å². The molecule has 8 heteroatoms. The molecule has 0 aliphatic carbocycles. The van der Waals surface area contributed by atoms with Crippen LogP contribution in [0.15, 0.2) is 81.4 Å². The zero-order chi connectivity index (χ0) is 25.9. The number of hydrogen-bond donors (Lipinski definition) is 0. The Morgan fingerprint density at radius 3 is 2.51 bits per heavy atom. The largest absolute Gasteiger partial charge is 0.293 e. The van der Waals surface area contributed by atoms with Crippen LogP contribution in [-0.4, -0.2) is 27.6 Å². The number of carbonyl (C=O) groups excluding carboxylic acids is 2. The monoisotopic (exact) mass is 564 g/mol. The molecule has 0 radical (unpaired) electrons. The molecule has 37 heavy (non-hydrogen) atoms. The topological polar surface area (TPSA) is 40.6 Å². The van der Waals surface area contributed by atoms with E-state index in [0.717, 1.165) is 46.0 Å². The van der Waals surface area contributed by atoms with Gasteiger partial charge in [-0.3, -0.25) is 19.4 Å². The zero-order valence-corrected chi connectivity index (χ0v) is 23.5. The molecule has 0 saturated carbocycles. The molecule has 2 amide bonds. The van der Waals surface area contributed by atoms with Gasteiger partial charge in [-0.25, -0.2) is 0 Å². The number of benzene rings is 3. The molecule has 3 aromatic carbocycles. The van der Waals surface area contributed by atoms with E-state index < -0.39 is 0 Å². The van der Waals surface area contributed by atoms with Crippen LogP contribution in [0.2, 0.25) is 5.02 Å². The van der Waals surface area contributed by atoms with E-state index >= 15 is 0 Å². The van der Waals surface area contributed by atoms with Gasteiger partial charge in [-0.15, -0.1) is 0 Å². The lowest BCUT2D eigenvalue weighted by Crippen LogP contribution is -2.29. The number of halogens is 1. The normalized spacial score (nSPS) is 15.8. The summed E-state index contributed by atoms with van der Waals surface area (Å²) in [4.78, 5) is 32.5. The molecule has 3 aromatic rings. The lowest BCUT2D eigenvalue weighted by Gasteiger charge is -2.31. The number of unbranched alkanes of at least 4 members (excludes halogenated alkanes) is 2. The number of thiocarbonyl (C=S) groups is 1. The van der Waals surface area contributed by atoms with Crippen molar-refractivity contribution in [2.45, 2.75) is 42.4 Å². The molecular weight excluding hydrogens is 540 g/mol. The van der Waals surface area contributed by atoms with Crippen LogP contribution in [0.5, 0.6) is 0 Å². The minimum atomic E-state index is -0.0393. The third kappa shape index (κ3) is 5.80. The van der Waals surface area contributed by atoms with Crippen LogP contribution in [0.1, 0.15) is 36.8 Å². The van der Waals surface area contributed by atoms with Crippen molar-refractivity contribution in [1.82, 2.24) is 4.90 Å². The van der Waals surface area contributed by atoms with Crippen molar-refractivity contribution in [2.24, 2.45) is 0 Å². The maximum atomic E-state index is 13.4.